The molecule has 0 N–H and O–H groups in total. The summed E-state index contributed by atoms with van der Waals surface area (Å²) in [6, 6.07) is 19.1. The minimum absolute atomic E-state index is 0.0836. The van der Waals surface area contributed by atoms with Gasteiger partial charge in [0.15, 0.2) is 0 Å². The van der Waals surface area contributed by atoms with Crippen molar-refractivity contribution in [3.8, 4) is 0 Å². The van der Waals surface area contributed by atoms with E-state index in [0.29, 0.717) is 30.6 Å². The van der Waals surface area contributed by atoms with Crippen LogP contribution < -0.4 is 0 Å². The van der Waals surface area contributed by atoms with Gasteiger partial charge in [-0.2, -0.15) is 4.31 Å². The minimum atomic E-state index is -3.53. The van der Waals surface area contributed by atoms with Gasteiger partial charge in [0, 0.05) is 31.6 Å². The van der Waals surface area contributed by atoms with Gasteiger partial charge in [-0.25, -0.2) is 8.42 Å². The smallest absolute Gasteiger partial charge is 0.277 e. The van der Waals surface area contributed by atoms with Crippen molar-refractivity contribution in [1.29, 1.82) is 0 Å². The number of carbonyl (C=O) groups is 1. The fourth-order valence-corrected chi connectivity index (χ4v) is 5.22. The third kappa shape index (κ3) is 6.53. The zero-order valence-electron chi connectivity index (χ0n) is 17.9. The molecule has 0 saturated carbocycles. The van der Waals surface area contributed by atoms with E-state index in [0.717, 1.165) is 11.1 Å². The Balaban J connectivity index is 1.24. The second kappa shape index (κ2) is 10.8. The van der Waals surface area contributed by atoms with Gasteiger partial charge in [-0.3, -0.25) is 4.79 Å². The van der Waals surface area contributed by atoms with Gasteiger partial charge in [-0.1, -0.05) is 72.4 Å². The summed E-state index contributed by atoms with van der Waals surface area (Å²) in [7, 11) is -3.53. The lowest BCUT2D eigenvalue weighted by Gasteiger charge is -2.33. The molecule has 1 aliphatic rings. The van der Waals surface area contributed by atoms with Crippen LogP contribution in [0.3, 0.4) is 0 Å². The topological polar surface area (TPSA) is 96.6 Å². The zero-order chi connectivity index (χ0) is 23.1. The van der Waals surface area contributed by atoms with E-state index in [-0.39, 0.29) is 24.7 Å². The van der Waals surface area contributed by atoms with Gasteiger partial charge in [0.2, 0.25) is 21.8 Å². The van der Waals surface area contributed by atoms with Crippen LogP contribution in [0, 0.1) is 0 Å². The summed E-state index contributed by atoms with van der Waals surface area (Å²) in [5, 5.41) is 9.60. The van der Waals surface area contributed by atoms with Crippen LogP contribution in [0.1, 0.15) is 17.0 Å². The van der Waals surface area contributed by atoms with Crippen molar-refractivity contribution in [3.05, 3.63) is 83.1 Å². The van der Waals surface area contributed by atoms with Crippen molar-refractivity contribution in [2.45, 2.75) is 11.6 Å². The first kappa shape index (κ1) is 23.2. The molecule has 2 heterocycles. The predicted octanol–water partition coefficient (Wildman–Crippen LogP) is 2.90. The van der Waals surface area contributed by atoms with Crippen molar-refractivity contribution >= 4 is 33.8 Å². The fourth-order valence-electron chi connectivity index (χ4n) is 3.36. The van der Waals surface area contributed by atoms with Gasteiger partial charge >= 0.3 is 0 Å². The molecule has 0 spiro atoms. The summed E-state index contributed by atoms with van der Waals surface area (Å²) in [5.41, 5.74) is 1.89. The Bertz CT molecular complexity index is 1190. The van der Waals surface area contributed by atoms with Gasteiger partial charge in [0.05, 0.1) is 12.2 Å². The maximum Gasteiger partial charge on any atom is 0.277 e. The second-order valence-electron chi connectivity index (χ2n) is 7.45. The largest absolute Gasteiger partial charge is 0.416 e. The molecular formula is C23H24N4O4S2. The van der Waals surface area contributed by atoms with Crippen molar-refractivity contribution < 1.29 is 17.6 Å². The molecule has 0 unspecified atom stereocenters. The molecule has 2 aromatic carbocycles. The van der Waals surface area contributed by atoms with Gasteiger partial charge in [0.1, 0.15) is 0 Å². The molecule has 0 bridgehead atoms. The number of benzene rings is 2. The summed E-state index contributed by atoms with van der Waals surface area (Å²) in [4.78, 5) is 14.2. The first-order chi connectivity index (χ1) is 16.0. The van der Waals surface area contributed by atoms with Crippen LogP contribution in [0.25, 0.3) is 6.08 Å². The number of hydrogen-bond acceptors (Lipinski definition) is 7. The number of piperazine rings is 1. The lowest BCUT2D eigenvalue weighted by molar-refractivity contribution is -0.129. The summed E-state index contributed by atoms with van der Waals surface area (Å²) in [6.45, 7) is 1.22. The maximum atomic E-state index is 12.6. The first-order valence-corrected chi connectivity index (χ1v) is 13.0. The van der Waals surface area contributed by atoms with E-state index in [1.165, 1.54) is 21.5 Å². The molecule has 4 rings (SSSR count). The number of sulfonamides is 1. The van der Waals surface area contributed by atoms with Crippen LogP contribution in [0.15, 0.2) is 75.7 Å². The third-order valence-corrected chi connectivity index (χ3v) is 7.52. The van der Waals surface area contributed by atoms with Crippen molar-refractivity contribution in [3.63, 3.8) is 0 Å². The van der Waals surface area contributed by atoms with E-state index in [9.17, 15) is 13.2 Å². The zero-order valence-corrected chi connectivity index (χ0v) is 19.5. The van der Waals surface area contributed by atoms with Crippen molar-refractivity contribution in [2.75, 3.05) is 31.9 Å². The van der Waals surface area contributed by atoms with Crippen LogP contribution in [0.5, 0.6) is 0 Å². The number of thioether (sulfide) groups is 1. The van der Waals surface area contributed by atoms with Crippen LogP contribution in [-0.2, 0) is 21.2 Å². The average Bonchev–Trinajstić information content (AvgIpc) is 3.30. The summed E-state index contributed by atoms with van der Waals surface area (Å²) < 4.78 is 32.2. The molecular weight excluding hydrogens is 460 g/mol. The Labute approximate surface area is 197 Å². The molecule has 1 saturated heterocycles. The van der Waals surface area contributed by atoms with Crippen molar-refractivity contribution in [2.24, 2.45) is 0 Å². The lowest BCUT2D eigenvalue weighted by Crippen LogP contribution is -2.50. The summed E-state index contributed by atoms with van der Waals surface area (Å²) in [6.07, 6.45) is 2.12. The molecule has 172 valence electrons. The van der Waals surface area contributed by atoms with Crippen LogP contribution >= 0.6 is 11.8 Å². The molecule has 1 fully saturated rings. The standard InChI is InChI=1S/C23H24N4O4S2/c28-22(18-32-23-25-24-21(31-23)17-20-9-5-2-6-10-20)26-12-14-27(15-13-26)33(29,30)16-11-19-7-3-1-4-8-19/h1-11,16H,12-15,17-18H2. The molecule has 0 radical (unpaired) electrons. The number of aromatic nitrogens is 2. The Morgan fingerprint density at radius 3 is 2.33 bits per heavy atom. The van der Waals surface area contributed by atoms with Gasteiger partial charge in [0.25, 0.3) is 5.22 Å². The SMILES string of the molecule is O=C(CSc1nnc(Cc2ccccc2)o1)N1CCN(S(=O)(=O)C=Cc2ccccc2)CC1. The highest BCUT2D eigenvalue weighted by Crippen LogP contribution is 2.19. The highest BCUT2D eigenvalue weighted by molar-refractivity contribution is 7.99. The van der Waals surface area contributed by atoms with E-state index in [1.54, 1.807) is 11.0 Å². The fraction of sp³-hybridized carbons (Fsp3) is 0.261. The lowest BCUT2D eigenvalue weighted by atomic mass is 10.2. The molecule has 0 aliphatic carbocycles. The highest BCUT2D eigenvalue weighted by atomic mass is 32.2. The molecule has 3 aromatic rings. The maximum absolute atomic E-state index is 12.6. The Kier molecular flexibility index (Phi) is 7.58. The van der Waals surface area contributed by atoms with Gasteiger partial charge in [-0.05, 0) is 17.2 Å². The highest BCUT2D eigenvalue weighted by Gasteiger charge is 2.27. The minimum Gasteiger partial charge on any atom is -0.416 e. The molecule has 1 aliphatic heterocycles. The third-order valence-electron chi connectivity index (χ3n) is 5.15. The monoisotopic (exact) mass is 484 g/mol. The molecule has 33 heavy (non-hydrogen) atoms. The Hall–Kier alpha value is -2.95. The molecule has 10 heteroatoms. The van der Waals surface area contributed by atoms with Gasteiger partial charge < -0.3 is 9.32 Å². The van der Waals surface area contributed by atoms with E-state index < -0.39 is 10.0 Å². The average molecular weight is 485 g/mol. The normalized spacial score (nSPS) is 15.2. The number of hydrogen-bond donors (Lipinski definition) is 0. The summed E-state index contributed by atoms with van der Waals surface area (Å²) >= 11 is 1.19. The van der Waals surface area contributed by atoms with E-state index in [1.807, 2.05) is 60.7 Å². The number of nitrogens with zero attached hydrogens (tertiary/aromatic N) is 4. The number of carbonyl (C=O) groups excluding carboxylic acids is 1. The summed E-state index contributed by atoms with van der Waals surface area (Å²) in [5.74, 6) is 0.575. The van der Waals surface area contributed by atoms with E-state index in [4.69, 9.17) is 4.42 Å². The second-order valence-corrected chi connectivity index (χ2v) is 10.2. The van der Waals surface area contributed by atoms with Crippen LogP contribution in [0.2, 0.25) is 0 Å². The van der Waals surface area contributed by atoms with Crippen molar-refractivity contribution in [1.82, 2.24) is 19.4 Å². The quantitative estimate of drug-likeness (QED) is 0.454. The van der Waals surface area contributed by atoms with E-state index in [2.05, 4.69) is 10.2 Å². The van der Waals surface area contributed by atoms with Crippen LogP contribution in [-0.4, -0.2) is 65.7 Å². The molecule has 1 amide bonds. The number of amides is 1. The first-order valence-electron chi connectivity index (χ1n) is 10.5. The van der Waals surface area contributed by atoms with Gasteiger partial charge in [-0.15, -0.1) is 10.2 Å². The molecule has 0 atom stereocenters. The molecule has 8 nitrogen and oxygen atoms in total. The number of rotatable bonds is 8. The van der Waals surface area contributed by atoms with E-state index >= 15 is 0 Å². The van der Waals surface area contributed by atoms with Crippen LogP contribution in [0.4, 0.5) is 0 Å². The molecule has 1 aromatic heterocycles. The Morgan fingerprint density at radius 1 is 0.970 bits per heavy atom. The Morgan fingerprint density at radius 2 is 1.64 bits per heavy atom. The predicted molar refractivity (Wildman–Crippen MR) is 127 cm³/mol.